The van der Waals surface area contributed by atoms with Crippen molar-refractivity contribution in [3.05, 3.63) is 29.3 Å². The summed E-state index contributed by atoms with van der Waals surface area (Å²) < 4.78 is 0. The van der Waals surface area contributed by atoms with Crippen LogP contribution in [0.3, 0.4) is 0 Å². The van der Waals surface area contributed by atoms with Gasteiger partial charge >= 0.3 is 0 Å². The highest BCUT2D eigenvalue weighted by atomic mass is 15.3. The predicted molar refractivity (Wildman–Crippen MR) is 82.8 cm³/mol. The van der Waals surface area contributed by atoms with Gasteiger partial charge in [-0.05, 0) is 45.9 Å². The van der Waals surface area contributed by atoms with E-state index in [0.29, 0.717) is 12.1 Å². The lowest BCUT2D eigenvalue weighted by atomic mass is 10.1. The highest BCUT2D eigenvalue weighted by molar-refractivity contribution is 5.55. The SMILES string of the molecule is Cc1ccc(N2CC(CN)N(C)CCC2C)c(C)c1. The van der Waals surface area contributed by atoms with Crippen LogP contribution >= 0.6 is 0 Å². The van der Waals surface area contributed by atoms with Gasteiger partial charge in [-0.3, -0.25) is 0 Å². The monoisotopic (exact) mass is 261 g/mol. The smallest absolute Gasteiger partial charge is 0.0399 e. The van der Waals surface area contributed by atoms with E-state index in [9.17, 15) is 0 Å². The maximum atomic E-state index is 5.94. The zero-order valence-electron chi connectivity index (χ0n) is 12.7. The molecule has 19 heavy (non-hydrogen) atoms. The maximum Gasteiger partial charge on any atom is 0.0399 e. The molecule has 0 amide bonds. The van der Waals surface area contributed by atoms with Crippen LogP contribution in [0.2, 0.25) is 0 Å². The molecule has 1 saturated heterocycles. The molecule has 0 aliphatic carbocycles. The molecule has 3 nitrogen and oxygen atoms in total. The number of hydrogen-bond donors (Lipinski definition) is 1. The number of likely N-dealkylation sites (N-methyl/N-ethyl adjacent to an activating group) is 1. The second kappa shape index (κ2) is 5.93. The second-order valence-corrected chi connectivity index (χ2v) is 5.95. The Morgan fingerprint density at radius 2 is 2.05 bits per heavy atom. The third kappa shape index (κ3) is 3.10. The van der Waals surface area contributed by atoms with E-state index >= 15 is 0 Å². The fourth-order valence-corrected chi connectivity index (χ4v) is 2.99. The van der Waals surface area contributed by atoms with Crippen LogP contribution in [-0.4, -0.2) is 43.7 Å². The van der Waals surface area contributed by atoms with Gasteiger partial charge in [-0.15, -0.1) is 0 Å². The predicted octanol–water partition coefficient (Wildman–Crippen LogP) is 2.16. The number of rotatable bonds is 2. The Kier molecular flexibility index (Phi) is 4.48. The molecule has 0 bridgehead atoms. The first-order valence-electron chi connectivity index (χ1n) is 7.27. The summed E-state index contributed by atoms with van der Waals surface area (Å²) in [6.07, 6.45) is 1.19. The highest BCUT2D eigenvalue weighted by Crippen LogP contribution is 2.26. The lowest BCUT2D eigenvalue weighted by molar-refractivity contribution is 0.265. The largest absolute Gasteiger partial charge is 0.367 e. The number of aryl methyl sites for hydroxylation is 2. The average molecular weight is 261 g/mol. The molecule has 0 spiro atoms. The van der Waals surface area contributed by atoms with Gasteiger partial charge in [-0.1, -0.05) is 17.7 Å². The van der Waals surface area contributed by atoms with Gasteiger partial charge in [-0.2, -0.15) is 0 Å². The van der Waals surface area contributed by atoms with Crippen molar-refractivity contribution in [1.82, 2.24) is 4.90 Å². The van der Waals surface area contributed by atoms with Crippen molar-refractivity contribution >= 4 is 5.69 Å². The normalized spacial score (nSPS) is 25.4. The van der Waals surface area contributed by atoms with Crippen LogP contribution in [0.1, 0.15) is 24.5 Å². The van der Waals surface area contributed by atoms with Gasteiger partial charge < -0.3 is 15.5 Å². The Hall–Kier alpha value is -1.06. The molecule has 1 aromatic carbocycles. The van der Waals surface area contributed by atoms with Crippen molar-refractivity contribution < 1.29 is 0 Å². The topological polar surface area (TPSA) is 32.5 Å². The molecule has 0 aromatic heterocycles. The standard InChI is InChI=1S/C16H27N3/c1-12-5-6-16(13(2)9-12)19-11-15(10-17)18(4)8-7-14(19)3/h5-6,9,14-15H,7-8,10-11,17H2,1-4H3. The Bertz CT molecular complexity index is 430. The Labute approximate surface area is 117 Å². The third-order valence-corrected chi connectivity index (χ3v) is 4.40. The quantitative estimate of drug-likeness (QED) is 0.885. The maximum absolute atomic E-state index is 5.94. The molecule has 2 N–H and O–H groups in total. The van der Waals surface area contributed by atoms with Crippen LogP contribution in [0.25, 0.3) is 0 Å². The zero-order valence-corrected chi connectivity index (χ0v) is 12.7. The lowest BCUT2D eigenvalue weighted by Crippen LogP contribution is -2.45. The first-order chi connectivity index (χ1) is 9.02. The van der Waals surface area contributed by atoms with Crippen molar-refractivity contribution in [1.29, 1.82) is 0 Å². The zero-order chi connectivity index (χ0) is 14.0. The van der Waals surface area contributed by atoms with Gasteiger partial charge in [0.25, 0.3) is 0 Å². The van der Waals surface area contributed by atoms with Crippen molar-refractivity contribution in [2.45, 2.75) is 39.3 Å². The van der Waals surface area contributed by atoms with Crippen molar-refractivity contribution in [3.63, 3.8) is 0 Å². The van der Waals surface area contributed by atoms with E-state index in [4.69, 9.17) is 5.73 Å². The van der Waals surface area contributed by atoms with Gasteiger partial charge in [0.05, 0.1) is 0 Å². The molecule has 1 aliphatic rings. The number of benzene rings is 1. The number of nitrogens with two attached hydrogens (primary N) is 1. The third-order valence-electron chi connectivity index (χ3n) is 4.40. The molecule has 1 aliphatic heterocycles. The van der Waals surface area contributed by atoms with Crippen LogP contribution in [0.5, 0.6) is 0 Å². The van der Waals surface area contributed by atoms with Crippen LogP contribution in [-0.2, 0) is 0 Å². The Morgan fingerprint density at radius 3 is 2.68 bits per heavy atom. The van der Waals surface area contributed by atoms with Gasteiger partial charge in [0.1, 0.15) is 0 Å². The molecule has 2 atom stereocenters. The summed E-state index contributed by atoms with van der Waals surface area (Å²) in [5.74, 6) is 0. The van der Waals surface area contributed by atoms with E-state index in [2.05, 4.69) is 55.8 Å². The van der Waals surface area contributed by atoms with Crippen molar-refractivity contribution in [2.24, 2.45) is 5.73 Å². The molecule has 106 valence electrons. The molecule has 3 heteroatoms. The van der Waals surface area contributed by atoms with E-state index < -0.39 is 0 Å². The minimum Gasteiger partial charge on any atom is -0.367 e. The van der Waals surface area contributed by atoms with Gasteiger partial charge in [-0.25, -0.2) is 0 Å². The van der Waals surface area contributed by atoms with Crippen LogP contribution < -0.4 is 10.6 Å². The summed E-state index contributed by atoms with van der Waals surface area (Å²) in [5, 5.41) is 0. The van der Waals surface area contributed by atoms with Crippen LogP contribution in [0.15, 0.2) is 18.2 Å². The molecule has 0 radical (unpaired) electrons. The molecule has 1 aromatic rings. The summed E-state index contributed by atoms with van der Waals surface area (Å²) in [6, 6.07) is 7.76. The molecular weight excluding hydrogens is 234 g/mol. The molecule has 0 saturated carbocycles. The summed E-state index contributed by atoms with van der Waals surface area (Å²) in [4.78, 5) is 4.94. The Balaban J connectivity index is 2.29. The molecule has 1 fully saturated rings. The minimum absolute atomic E-state index is 0.450. The second-order valence-electron chi connectivity index (χ2n) is 5.95. The van der Waals surface area contributed by atoms with Crippen LogP contribution in [0, 0.1) is 13.8 Å². The van der Waals surface area contributed by atoms with Crippen molar-refractivity contribution in [3.8, 4) is 0 Å². The molecular formula is C16H27N3. The van der Waals surface area contributed by atoms with E-state index in [1.165, 1.54) is 23.2 Å². The Morgan fingerprint density at radius 1 is 1.32 bits per heavy atom. The minimum atomic E-state index is 0.450. The molecule has 2 rings (SSSR count). The van der Waals surface area contributed by atoms with Crippen molar-refractivity contribution in [2.75, 3.05) is 31.6 Å². The van der Waals surface area contributed by atoms with Gasteiger partial charge in [0, 0.05) is 37.4 Å². The number of hydrogen-bond acceptors (Lipinski definition) is 3. The number of anilines is 1. The van der Waals surface area contributed by atoms with E-state index in [1.54, 1.807) is 0 Å². The number of nitrogens with zero attached hydrogens (tertiary/aromatic N) is 2. The first-order valence-corrected chi connectivity index (χ1v) is 7.27. The fraction of sp³-hybridized carbons (Fsp3) is 0.625. The first kappa shape index (κ1) is 14.4. The van der Waals surface area contributed by atoms with Gasteiger partial charge in [0.15, 0.2) is 0 Å². The van der Waals surface area contributed by atoms with E-state index in [1.807, 2.05) is 0 Å². The summed E-state index contributed by atoms with van der Waals surface area (Å²) in [5.41, 5.74) is 10.0. The van der Waals surface area contributed by atoms with Crippen LogP contribution in [0.4, 0.5) is 5.69 Å². The van der Waals surface area contributed by atoms with E-state index in [-0.39, 0.29) is 0 Å². The fourth-order valence-electron chi connectivity index (χ4n) is 2.99. The highest BCUT2D eigenvalue weighted by Gasteiger charge is 2.26. The molecule has 1 heterocycles. The average Bonchev–Trinajstić information content (AvgIpc) is 2.51. The molecule has 2 unspecified atom stereocenters. The summed E-state index contributed by atoms with van der Waals surface area (Å²) in [7, 11) is 2.19. The summed E-state index contributed by atoms with van der Waals surface area (Å²) >= 11 is 0. The lowest BCUT2D eigenvalue weighted by Gasteiger charge is -2.33. The van der Waals surface area contributed by atoms with Gasteiger partial charge in [0.2, 0.25) is 0 Å². The summed E-state index contributed by atoms with van der Waals surface area (Å²) in [6.45, 7) is 9.57. The van der Waals surface area contributed by atoms with E-state index in [0.717, 1.165) is 19.6 Å².